The SMILES string of the molecule is Cc1ccccc1NC(=O)NCCCCNc1cc(-c2ccccc2Cl)nc2c(Br)cnn12. The Hall–Kier alpha value is -3.10. The number of carbonyl (C=O) groups excluding carboxylic acids is 1. The van der Waals surface area contributed by atoms with Gasteiger partial charge in [-0.2, -0.15) is 9.61 Å². The standard InChI is InChI=1S/C24H24BrClN6O/c1-16-8-2-5-11-20(16)31-24(33)28-13-7-6-12-27-22-14-21(17-9-3-4-10-19(17)26)30-23-18(25)15-29-32(22)23/h2-5,8-11,14-15,27H,6-7,12-13H2,1H3,(H2,28,31,33). The summed E-state index contributed by atoms with van der Waals surface area (Å²) in [7, 11) is 0. The van der Waals surface area contributed by atoms with Gasteiger partial charge >= 0.3 is 6.03 Å². The quantitative estimate of drug-likeness (QED) is 0.241. The molecule has 0 atom stereocenters. The van der Waals surface area contributed by atoms with Crippen molar-refractivity contribution in [1.29, 1.82) is 0 Å². The zero-order chi connectivity index (χ0) is 23.2. The van der Waals surface area contributed by atoms with Crippen LogP contribution < -0.4 is 16.0 Å². The van der Waals surface area contributed by atoms with Crippen LogP contribution in [0.15, 0.2) is 65.3 Å². The van der Waals surface area contributed by atoms with E-state index in [0.717, 1.165) is 52.2 Å². The zero-order valence-corrected chi connectivity index (χ0v) is 20.4. The minimum absolute atomic E-state index is 0.195. The smallest absolute Gasteiger partial charge is 0.319 e. The molecule has 2 aromatic heterocycles. The van der Waals surface area contributed by atoms with Crippen molar-refractivity contribution in [2.24, 2.45) is 0 Å². The van der Waals surface area contributed by atoms with Gasteiger partial charge in [-0.05, 0) is 53.4 Å². The Kier molecular flexibility index (Phi) is 7.47. The number of nitrogens with one attached hydrogen (secondary N) is 3. The van der Waals surface area contributed by atoms with Gasteiger partial charge in [0.15, 0.2) is 5.65 Å². The first kappa shape index (κ1) is 23.1. The van der Waals surface area contributed by atoms with Crippen LogP contribution in [0.4, 0.5) is 16.3 Å². The van der Waals surface area contributed by atoms with Crippen molar-refractivity contribution < 1.29 is 4.79 Å². The molecule has 0 radical (unpaired) electrons. The number of benzene rings is 2. The van der Waals surface area contributed by atoms with Crippen molar-refractivity contribution in [3.8, 4) is 11.3 Å². The lowest BCUT2D eigenvalue weighted by Gasteiger charge is -2.12. The van der Waals surface area contributed by atoms with Crippen LogP contribution in [0.1, 0.15) is 18.4 Å². The molecule has 9 heteroatoms. The van der Waals surface area contributed by atoms with Gasteiger partial charge in [0.1, 0.15) is 5.82 Å². The van der Waals surface area contributed by atoms with Gasteiger partial charge in [-0.25, -0.2) is 9.78 Å². The average molecular weight is 528 g/mol. The lowest BCUT2D eigenvalue weighted by atomic mass is 10.1. The van der Waals surface area contributed by atoms with Gasteiger partial charge < -0.3 is 16.0 Å². The summed E-state index contributed by atoms with van der Waals surface area (Å²) in [5, 5.41) is 14.3. The third kappa shape index (κ3) is 5.64. The number of amides is 2. The Morgan fingerprint density at radius 1 is 1.09 bits per heavy atom. The van der Waals surface area contributed by atoms with E-state index in [4.69, 9.17) is 16.6 Å². The zero-order valence-electron chi connectivity index (χ0n) is 18.1. The van der Waals surface area contributed by atoms with Crippen LogP contribution in [-0.4, -0.2) is 33.7 Å². The van der Waals surface area contributed by atoms with Gasteiger partial charge in [0.05, 0.1) is 16.4 Å². The normalized spacial score (nSPS) is 10.9. The Balaban J connectivity index is 1.32. The molecule has 7 nitrogen and oxygen atoms in total. The maximum atomic E-state index is 12.1. The van der Waals surface area contributed by atoms with E-state index in [0.29, 0.717) is 17.2 Å². The molecule has 0 aliphatic rings. The fraction of sp³-hybridized carbons (Fsp3) is 0.208. The second kappa shape index (κ2) is 10.7. The van der Waals surface area contributed by atoms with Crippen molar-refractivity contribution in [1.82, 2.24) is 19.9 Å². The van der Waals surface area contributed by atoms with Crippen LogP contribution in [0.2, 0.25) is 5.02 Å². The molecular formula is C24H24BrClN6O. The van der Waals surface area contributed by atoms with E-state index in [-0.39, 0.29) is 6.03 Å². The highest BCUT2D eigenvalue weighted by molar-refractivity contribution is 9.10. The molecule has 0 spiro atoms. The number of hydrogen-bond acceptors (Lipinski definition) is 4. The van der Waals surface area contributed by atoms with Gasteiger partial charge in [-0.15, -0.1) is 0 Å². The van der Waals surface area contributed by atoms with Gasteiger partial charge in [0.25, 0.3) is 0 Å². The van der Waals surface area contributed by atoms with Gasteiger partial charge in [0, 0.05) is 35.4 Å². The molecule has 0 unspecified atom stereocenters. The monoisotopic (exact) mass is 526 g/mol. The maximum absolute atomic E-state index is 12.1. The first-order chi connectivity index (χ1) is 16.0. The molecule has 4 rings (SSSR count). The third-order valence-corrected chi connectivity index (χ3v) is 6.06. The van der Waals surface area contributed by atoms with Crippen LogP contribution >= 0.6 is 27.5 Å². The van der Waals surface area contributed by atoms with Crippen molar-refractivity contribution in [2.45, 2.75) is 19.8 Å². The number of carbonyl (C=O) groups is 1. The predicted octanol–water partition coefficient (Wildman–Crippen LogP) is 6.13. The average Bonchev–Trinajstić information content (AvgIpc) is 3.18. The van der Waals surface area contributed by atoms with Gasteiger partial charge in [-0.3, -0.25) is 0 Å². The molecule has 2 amide bonds. The van der Waals surface area contributed by atoms with Crippen molar-refractivity contribution >= 4 is 50.7 Å². The topological polar surface area (TPSA) is 83.4 Å². The molecule has 0 fully saturated rings. The molecule has 0 saturated heterocycles. The molecule has 3 N–H and O–H groups in total. The molecule has 170 valence electrons. The molecule has 33 heavy (non-hydrogen) atoms. The number of nitrogens with zero attached hydrogens (tertiary/aromatic N) is 3. The van der Waals surface area contributed by atoms with Gasteiger partial charge in [-0.1, -0.05) is 48.0 Å². The van der Waals surface area contributed by atoms with Crippen LogP contribution in [0.5, 0.6) is 0 Å². The van der Waals surface area contributed by atoms with Gasteiger partial charge in [0.2, 0.25) is 0 Å². The fourth-order valence-electron chi connectivity index (χ4n) is 3.42. The number of fused-ring (bicyclic) bond motifs is 1. The highest BCUT2D eigenvalue weighted by Crippen LogP contribution is 2.30. The van der Waals surface area contributed by atoms with Crippen LogP contribution in [-0.2, 0) is 0 Å². The summed E-state index contributed by atoms with van der Waals surface area (Å²) in [6, 6.07) is 17.1. The number of hydrogen-bond donors (Lipinski definition) is 3. The first-order valence-electron chi connectivity index (χ1n) is 10.7. The number of para-hydroxylation sites is 1. The summed E-state index contributed by atoms with van der Waals surface area (Å²) in [6.45, 7) is 3.27. The third-order valence-electron chi connectivity index (χ3n) is 5.17. The summed E-state index contributed by atoms with van der Waals surface area (Å²) in [6.07, 6.45) is 3.43. The summed E-state index contributed by atoms with van der Waals surface area (Å²) in [5.74, 6) is 0.825. The van der Waals surface area contributed by atoms with E-state index in [2.05, 4.69) is 37.0 Å². The molecule has 0 aliphatic heterocycles. The number of anilines is 2. The summed E-state index contributed by atoms with van der Waals surface area (Å²) >= 11 is 9.91. The summed E-state index contributed by atoms with van der Waals surface area (Å²) in [4.78, 5) is 16.8. The summed E-state index contributed by atoms with van der Waals surface area (Å²) < 4.78 is 2.57. The lowest BCUT2D eigenvalue weighted by Crippen LogP contribution is -2.30. The maximum Gasteiger partial charge on any atom is 0.319 e. The molecule has 0 bridgehead atoms. The molecule has 2 heterocycles. The molecular weight excluding hydrogens is 504 g/mol. The second-order valence-electron chi connectivity index (χ2n) is 7.56. The second-order valence-corrected chi connectivity index (χ2v) is 8.83. The van der Waals surface area contributed by atoms with E-state index in [1.807, 2.05) is 61.5 Å². The number of aromatic nitrogens is 3. The Morgan fingerprint density at radius 3 is 2.67 bits per heavy atom. The summed E-state index contributed by atoms with van der Waals surface area (Å²) in [5.41, 5.74) is 4.19. The number of halogens is 2. The van der Waals surface area contributed by atoms with E-state index < -0.39 is 0 Å². The number of rotatable bonds is 8. The largest absolute Gasteiger partial charge is 0.370 e. The van der Waals surface area contributed by atoms with Crippen molar-refractivity contribution in [3.63, 3.8) is 0 Å². The Bertz CT molecular complexity index is 1280. The fourth-order valence-corrected chi connectivity index (χ4v) is 4.00. The highest BCUT2D eigenvalue weighted by atomic mass is 79.9. The van der Waals surface area contributed by atoms with Crippen LogP contribution in [0, 0.1) is 6.92 Å². The van der Waals surface area contributed by atoms with Crippen molar-refractivity contribution in [2.75, 3.05) is 23.7 Å². The van der Waals surface area contributed by atoms with E-state index >= 15 is 0 Å². The number of unbranched alkanes of at least 4 members (excludes halogenated alkanes) is 1. The van der Waals surface area contributed by atoms with Crippen LogP contribution in [0.25, 0.3) is 16.9 Å². The Labute approximate surface area is 205 Å². The minimum atomic E-state index is -0.195. The van der Waals surface area contributed by atoms with Crippen molar-refractivity contribution in [3.05, 3.63) is 75.9 Å². The number of aryl methyl sites for hydroxylation is 1. The molecule has 2 aromatic carbocycles. The van der Waals surface area contributed by atoms with Crippen LogP contribution in [0.3, 0.4) is 0 Å². The Morgan fingerprint density at radius 2 is 1.85 bits per heavy atom. The number of urea groups is 1. The minimum Gasteiger partial charge on any atom is -0.370 e. The molecule has 0 aliphatic carbocycles. The first-order valence-corrected chi connectivity index (χ1v) is 11.8. The van der Waals surface area contributed by atoms with E-state index in [1.165, 1.54) is 0 Å². The highest BCUT2D eigenvalue weighted by Gasteiger charge is 2.13. The van der Waals surface area contributed by atoms with E-state index in [1.54, 1.807) is 10.7 Å². The predicted molar refractivity (Wildman–Crippen MR) is 137 cm³/mol. The lowest BCUT2D eigenvalue weighted by molar-refractivity contribution is 0.252. The molecule has 4 aromatic rings. The molecule has 0 saturated carbocycles. The van der Waals surface area contributed by atoms with E-state index in [9.17, 15) is 4.79 Å².